The van der Waals surface area contributed by atoms with Gasteiger partial charge in [0, 0.05) is 12.1 Å². The third kappa shape index (κ3) is 7.36. The SMILES string of the molecule is CC(C)C=C[C@H](CCC(C)C)N1CC[C@@H](C(C)C(=O)O)C[C@H]1c1ccc(C(F)(F)F)cc1. The molecule has 0 radical (unpaired) electrons. The topological polar surface area (TPSA) is 40.5 Å². The van der Waals surface area contributed by atoms with Gasteiger partial charge in [-0.25, -0.2) is 0 Å². The number of benzene rings is 1. The minimum absolute atomic E-state index is 0.00382. The highest BCUT2D eigenvalue weighted by molar-refractivity contribution is 5.69. The quantitative estimate of drug-likeness (QED) is 0.402. The lowest BCUT2D eigenvalue weighted by molar-refractivity contribution is -0.144. The summed E-state index contributed by atoms with van der Waals surface area (Å²) in [5, 5.41) is 9.53. The number of nitrogens with zero attached hydrogens (tertiary/aromatic N) is 1. The van der Waals surface area contributed by atoms with Crippen LogP contribution in [0.3, 0.4) is 0 Å². The fourth-order valence-electron chi connectivity index (χ4n) is 4.51. The highest BCUT2D eigenvalue weighted by atomic mass is 19.4. The number of carbonyl (C=O) groups is 1. The molecule has 1 fully saturated rings. The standard InChI is InChI=1S/C26H38F3NO2/c1-17(2)6-12-23(13-7-18(3)4)30-15-14-21(19(5)25(31)32)16-24(30)20-8-10-22(11-9-20)26(27,28)29/h6,8-12,17-19,21,23-24H,7,13-16H2,1-5H3,(H,31,32)/t19?,21-,23-,24+/m1/s1. The lowest BCUT2D eigenvalue weighted by Gasteiger charge is -2.44. The summed E-state index contributed by atoms with van der Waals surface area (Å²) < 4.78 is 39.3. The molecule has 1 aromatic carbocycles. The lowest BCUT2D eigenvalue weighted by atomic mass is 9.79. The largest absolute Gasteiger partial charge is 0.481 e. The molecule has 6 heteroatoms. The Morgan fingerprint density at radius 2 is 1.72 bits per heavy atom. The summed E-state index contributed by atoms with van der Waals surface area (Å²) in [5.41, 5.74) is 0.169. The number of piperidine rings is 1. The summed E-state index contributed by atoms with van der Waals surface area (Å²) >= 11 is 0. The molecule has 0 aliphatic carbocycles. The van der Waals surface area contributed by atoms with Gasteiger partial charge >= 0.3 is 12.1 Å². The van der Waals surface area contributed by atoms with Crippen molar-refractivity contribution in [1.82, 2.24) is 4.90 Å². The zero-order valence-corrected chi connectivity index (χ0v) is 19.9. The van der Waals surface area contributed by atoms with Crippen molar-refractivity contribution < 1.29 is 23.1 Å². The summed E-state index contributed by atoms with van der Waals surface area (Å²) in [7, 11) is 0. The Bertz CT molecular complexity index is 755. The van der Waals surface area contributed by atoms with E-state index in [2.05, 4.69) is 44.7 Å². The van der Waals surface area contributed by atoms with E-state index < -0.39 is 23.6 Å². The van der Waals surface area contributed by atoms with Gasteiger partial charge in [0.25, 0.3) is 0 Å². The van der Waals surface area contributed by atoms with Crippen molar-refractivity contribution in [3.63, 3.8) is 0 Å². The maximum absolute atomic E-state index is 13.1. The molecule has 1 aliphatic heterocycles. The van der Waals surface area contributed by atoms with Crippen LogP contribution in [-0.2, 0) is 11.0 Å². The Morgan fingerprint density at radius 3 is 2.22 bits per heavy atom. The van der Waals surface area contributed by atoms with E-state index in [1.807, 2.05) is 0 Å². The van der Waals surface area contributed by atoms with Gasteiger partial charge in [-0.1, -0.05) is 58.9 Å². The van der Waals surface area contributed by atoms with Gasteiger partial charge in [-0.3, -0.25) is 9.69 Å². The number of likely N-dealkylation sites (tertiary alicyclic amines) is 1. The Balaban J connectivity index is 2.39. The summed E-state index contributed by atoms with van der Waals surface area (Å²) in [6.45, 7) is 11.1. The van der Waals surface area contributed by atoms with E-state index in [4.69, 9.17) is 0 Å². The highest BCUT2D eigenvalue weighted by Crippen LogP contribution is 2.41. The minimum atomic E-state index is -4.37. The van der Waals surface area contributed by atoms with Crippen molar-refractivity contribution in [1.29, 1.82) is 0 Å². The van der Waals surface area contributed by atoms with Crippen LogP contribution in [0.2, 0.25) is 0 Å². The number of allylic oxidation sites excluding steroid dienone is 1. The predicted molar refractivity (Wildman–Crippen MR) is 122 cm³/mol. The van der Waals surface area contributed by atoms with Gasteiger partial charge in [-0.15, -0.1) is 0 Å². The Kier molecular flexibility index (Phi) is 9.38. The van der Waals surface area contributed by atoms with Crippen molar-refractivity contribution >= 4 is 5.97 Å². The zero-order chi connectivity index (χ0) is 24.1. The second kappa shape index (κ2) is 11.4. The maximum atomic E-state index is 13.1. The van der Waals surface area contributed by atoms with Crippen LogP contribution in [0.15, 0.2) is 36.4 Å². The smallest absolute Gasteiger partial charge is 0.416 e. The van der Waals surface area contributed by atoms with Gasteiger partial charge in [0.05, 0.1) is 11.5 Å². The molecule has 1 aromatic rings. The summed E-state index contributed by atoms with van der Waals surface area (Å²) in [4.78, 5) is 14.0. The Morgan fingerprint density at radius 1 is 1.09 bits per heavy atom. The normalized spacial score (nSPS) is 22.6. The molecule has 0 aromatic heterocycles. The van der Waals surface area contributed by atoms with Crippen LogP contribution in [0.25, 0.3) is 0 Å². The molecule has 0 amide bonds. The first kappa shape index (κ1) is 26.4. The zero-order valence-electron chi connectivity index (χ0n) is 19.9. The number of halogens is 3. The molecule has 4 atom stereocenters. The third-order valence-corrected chi connectivity index (χ3v) is 6.59. The van der Waals surface area contributed by atoms with Gasteiger partial charge in [0.2, 0.25) is 0 Å². The molecule has 1 N–H and O–H groups in total. The Labute approximate surface area is 190 Å². The molecule has 0 saturated carbocycles. The number of hydrogen-bond acceptors (Lipinski definition) is 2. The molecule has 1 heterocycles. The van der Waals surface area contributed by atoms with Gasteiger partial charge in [0.15, 0.2) is 0 Å². The summed E-state index contributed by atoms with van der Waals surface area (Å²) in [6, 6.07) is 5.50. The number of alkyl halides is 3. The predicted octanol–water partition coefficient (Wildman–Crippen LogP) is 7.20. The first-order chi connectivity index (χ1) is 14.9. The molecule has 2 rings (SSSR count). The monoisotopic (exact) mass is 453 g/mol. The first-order valence-corrected chi connectivity index (χ1v) is 11.7. The maximum Gasteiger partial charge on any atom is 0.416 e. The molecular formula is C26H38F3NO2. The van der Waals surface area contributed by atoms with E-state index in [0.29, 0.717) is 18.3 Å². The van der Waals surface area contributed by atoms with Gasteiger partial charge in [-0.2, -0.15) is 13.2 Å². The van der Waals surface area contributed by atoms with E-state index in [9.17, 15) is 23.1 Å². The van der Waals surface area contributed by atoms with Crippen molar-refractivity contribution in [2.24, 2.45) is 23.7 Å². The van der Waals surface area contributed by atoms with Crippen LogP contribution in [-0.4, -0.2) is 28.6 Å². The fraction of sp³-hybridized carbons (Fsp3) is 0.654. The highest BCUT2D eigenvalue weighted by Gasteiger charge is 2.37. The molecule has 32 heavy (non-hydrogen) atoms. The van der Waals surface area contributed by atoms with Gasteiger partial charge in [-0.05, 0) is 67.7 Å². The number of rotatable bonds is 9. The number of carboxylic acid groups (broad SMARTS) is 1. The minimum Gasteiger partial charge on any atom is -0.481 e. The second-order valence-corrected chi connectivity index (χ2v) is 9.95. The molecule has 0 spiro atoms. The van der Waals surface area contributed by atoms with Gasteiger partial charge in [0.1, 0.15) is 0 Å². The van der Waals surface area contributed by atoms with Crippen molar-refractivity contribution in [2.45, 2.75) is 78.6 Å². The second-order valence-electron chi connectivity index (χ2n) is 9.95. The van der Waals surface area contributed by atoms with Crippen LogP contribution in [0.5, 0.6) is 0 Å². The van der Waals surface area contributed by atoms with Crippen molar-refractivity contribution in [3.8, 4) is 0 Å². The number of hydrogen-bond donors (Lipinski definition) is 1. The molecule has 1 aliphatic rings. The van der Waals surface area contributed by atoms with Crippen LogP contribution in [0.4, 0.5) is 13.2 Å². The first-order valence-electron chi connectivity index (χ1n) is 11.7. The van der Waals surface area contributed by atoms with Crippen molar-refractivity contribution in [2.75, 3.05) is 6.54 Å². The molecule has 3 nitrogen and oxygen atoms in total. The van der Waals surface area contributed by atoms with E-state index >= 15 is 0 Å². The summed E-state index contributed by atoms with van der Waals surface area (Å²) in [5.74, 6) is -0.333. The fourth-order valence-corrected chi connectivity index (χ4v) is 4.51. The molecule has 0 bridgehead atoms. The molecular weight excluding hydrogens is 415 g/mol. The van der Waals surface area contributed by atoms with Crippen LogP contribution < -0.4 is 0 Å². The number of carboxylic acids is 1. The van der Waals surface area contributed by atoms with Crippen molar-refractivity contribution in [3.05, 3.63) is 47.5 Å². The molecule has 1 unspecified atom stereocenters. The average Bonchev–Trinajstić information content (AvgIpc) is 2.72. The summed E-state index contributed by atoms with van der Waals surface area (Å²) in [6.07, 6.45) is 3.50. The van der Waals surface area contributed by atoms with Crippen LogP contribution in [0, 0.1) is 23.7 Å². The third-order valence-electron chi connectivity index (χ3n) is 6.59. The molecule has 180 valence electrons. The number of aliphatic carboxylic acids is 1. The average molecular weight is 454 g/mol. The molecule has 1 saturated heterocycles. The van der Waals surface area contributed by atoms with E-state index in [1.165, 1.54) is 0 Å². The van der Waals surface area contributed by atoms with E-state index in [0.717, 1.165) is 43.5 Å². The van der Waals surface area contributed by atoms with E-state index in [1.54, 1.807) is 19.1 Å². The van der Waals surface area contributed by atoms with E-state index in [-0.39, 0.29) is 18.0 Å². The lowest BCUT2D eigenvalue weighted by Crippen LogP contribution is -2.44. The van der Waals surface area contributed by atoms with Crippen LogP contribution >= 0.6 is 0 Å². The van der Waals surface area contributed by atoms with Gasteiger partial charge < -0.3 is 5.11 Å². The Hall–Kier alpha value is -1.82. The van der Waals surface area contributed by atoms with Crippen LogP contribution in [0.1, 0.15) is 77.5 Å².